The van der Waals surface area contributed by atoms with E-state index < -0.39 is 0 Å². The van der Waals surface area contributed by atoms with Crippen molar-refractivity contribution in [3.8, 4) is 16.9 Å². The molecule has 0 radical (unpaired) electrons. The number of piperazine rings is 1. The molecule has 3 aromatic carbocycles. The van der Waals surface area contributed by atoms with Gasteiger partial charge in [0.05, 0.1) is 19.1 Å². The standard InChI is InChI=1S/C31H31FN2O3/c1-20-9-10-23(21(2)15-20)26-19-37-30-18-29(36-4)24(17-25(26)30)22(3)16-31(35)34-13-11-33(12-14-34)28-8-6-5-7-27(28)32/h5-10,15-19H,11-14H2,1-4H3/b22-16+. The summed E-state index contributed by atoms with van der Waals surface area (Å²) in [5.41, 5.74) is 7.50. The van der Waals surface area contributed by atoms with Crippen molar-refractivity contribution in [2.75, 3.05) is 38.2 Å². The van der Waals surface area contributed by atoms with Crippen LogP contribution in [0.5, 0.6) is 5.75 Å². The fourth-order valence-corrected chi connectivity index (χ4v) is 5.09. The normalized spacial score (nSPS) is 14.4. The number of allylic oxidation sites excluding steroid dienone is 1. The third kappa shape index (κ3) is 4.84. The summed E-state index contributed by atoms with van der Waals surface area (Å²) in [5, 5.41) is 0.974. The molecule has 0 bridgehead atoms. The van der Waals surface area contributed by atoms with Crippen molar-refractivity contribution in [3.05, 3.63) is 89.4 Å². The fraction of sp³-hybridized carbons (Fsp3) is 0.258. The molecule has 1 aliphatic heterocycles. The number of carbonyl (C=O) groups excluding carboxylic acids is 1. The summed E-state index contributed by atoms with van der Waals surface area (Å²) in [6, 6.07) is 17.1. The van der Waals surface area contributed by atoms with E-state index in [9.17, 15) is 9.18 Å². The van der Waals surface area contributed by atoms with Crippen molar-refractivity contribution < 1.29 is 18.3 Å². The third-order valence-electron chi connectivity index (χ3n) is 7.12. The zero-order valence-corrected chi connectivity index (χ0v) is 21.7. The molecule has 1 amide bonds. The average molecular weight is 499 g/mol. The lowest BCUT2D eigenvalue weighted by Gasteiger charge is -2.35. The molecule has 0 N–H and O–H groups in total. The summed E-state index contributed by atoms with van der Waals surface area (Å²) in [7, 11) is 1.62. The van der Waals surface area contributed by atoms with Gasteiger partial charge in [0, 0.05) is 54.8 Å². The highest BCUT2D eigenvalue weighted by molar-refractivity contribution is 6.00. The van der Waals surface area contributed by atoms with Gasteiger partial charge in [-0.15, -0.1) is 0 Å². The Balaban J connectivity index is 1.40. The molecule has 5 nitrogen and oxygen atoms in total. The molecule has 1 saturated heterocycles. The second kappa shape index (κ2) is 10.1. The van der Waals surface area contributed by atoms with Crippen molar-refractivity contribution >= 4 is 28.1 Å². The second-order valence-corrected chi connectivity index (χ2v) is 9.61. The lowest BCUT2D eigenvalue weighted by Crippen LogP contribution is -2.48. The number of fused-ring (bicyclic) bond motifs is 1. The minimum Gasteiger partial charge on any atom is -0.496 e. The molecule has 2 heterocycles. The summed E-state index contributed by atoms with van der Waals surface area (Å²) in [4.78, 5) is 17.0. The minimum absolute atomic E-state index is 0.0605. The number of ether oxygens (including phenoxy) is 1. The van der Waals surface area contributed by atoms with Gasteiger partial charge in [-0.1, -0.05) is 35.9 Å². The first-order chi connectivity index (χ1) is 17.9. The Kier molecular flexibility index (Phi) is 6.74. The molecular weight excluding hydrogens is 467 g/mol. The SMILES string of the molecule is COc1cc2occ(-c3ccc(C)cc3C)c2cc1/C(C)=C/C(=O)N1CCN(c2ccccc2F)CC1. The van der Waals surface area contributed by atoms with Crippen molar-refractivity contribution in [2.45, 2.75) is 20.8 Å². The Bertz CT molecular complexity index is 1500. The van der Waals surface area contributed by atoms with E-state index in [1.54, 1.807) is 31.6 Å². The van der Waals surface area contributed by atoms with E-state index in [2.05, 4.69) is 32.0 Å². The molecule has 0 aliphatic carbocycles. The van der Waals surface area contributed by atoms with E-state index in [0.29, 0.717) is 37.6 Å². The molecule has 190 valence electrons. The first-order valence-corrected chi connectivity index (χ1v) is 12.5. The van der Waals surface area contributed by atoms with Crippen LogP contribution in [0.3, 0.4) is 0 Å². The molecule has 0 unspecified atom stereocenters. The largest absolute Gasteiger partial charge is 0.496 e. The van der Waals surface area contributed by atoms with Crippen LogP contribution in [0.2, 0.25) is 0 Å². The van der Waals surface area contributed by atoms with E-state index in [-0.39, 0.29) is 11.7 Å². The van der Waals surface area contributed by atoms with Crippen molar-refractivity contribution in [2.24, 2.45) is 0 Å². The molecule has 0 saturated carbocycles. The van der Waals surface area contributed by atoms with Crippen LogP contribution in [0.15, 0.2) is 71.4 Å². The Morgan fingerprint density at radius 2 is 1.76 bits per heavy atom. The van der Waals surface area contributed by atoms with Crippen LogP contribution in [0.25, 0.3) is 27.7 Å². The summed E-state index contributed by atoms with van der Waals surface area (Å²) < 4.78 is 25.7. The number of nitrogens with zero attached hydrogens (tertiary/aromatic N) is 2. The molecule has 1 aliphatic rings. The van der Waals surface area contributed by atoms with Gasteiger partial charge in [-0.3, -0.25) is 4.79 Å². The van der Waals surface area contributed by atoms with E-state index in [4.69, 9.17) is 9.15 Å². The summed E-state index contributed by atoms with van der Waals surface area (Å²) >= 11 is 0. The molecule has 5 rings (SSSR count). The van der Waals surface area contributed by atoms with Crippen molar-refractivity contribution in [1.29, 1.82) is 0 Å². The first-order valence-electron chi connectivity index (χ1n) is 12.5. The van der Waals surface area contributed by atoms with Crippen LogP contribution in [0.1, 0.15) is 23.6 Å². The van der Waals surface area contributed by atoms with E-state index in [1.807, 2.05) is 34.9 Å². The van der Waals surface area contributed by atoms with E-state index in [0.717, 1.165) is 33.2 Å². The fourth-order valence-electron chi connectivity index (χ4n) is 5.09. The van der Waals surface area contributed by atoms with E-state index in [1.165, 1.54) is 17.2 Å². The van der Waals surface area contributed by atoms with E-state index >= 15 is 0 Å². The van der Waals surface area contributed by atoms with Crippen LogP contribution in [-0.2, 0) is 4.79 Å². The van der Waals surface area contributed by atoms with Crippen LogP contribution < -0.4 is 9.64 Å². The smallest absolute Gasteiger partial charge is 0.246 e. The van der Waals surface area contributed by atoms with Gasteiger partial charge in [-0.2, -0.15) is 0 Å². The summed E-state index contributed by atoms with van der Waals surface area (Å²) in [6.45, 7) is 8.34. The molecular formula is C31H31FN2O3. The lowest BCUT2D eigenvalue weighted by molar-refractivity contribution is -0.126. The predicted molar refractivity (Wildman–Crippen MR) is 147 cm³/mol. The summed E-state index contributed by atoms with van der Waals surface area (Å²) in [5.74, 6) is 0.356. The topological polar surface area (TPSA) is 45.9 Å². The van der Waals surface area contributed by atoms with Crippen molar-refractivity contribution in [3.63, 3.8) is 0 Å². The average Bonchev–Trinajstić information content (AvgIpc) is 3.31. The zero-order chi connectivity index (χ0) is 26.1. The van der Waals surface area contributed by atoms with Crippen LogP contribution in [-0.4, -0.2) is 44.1 Å². The number of anilines is 1. The molecule has 1 fully saturated rings. The Labute approximate surface area is 216 Å². The number of furan rings is 1. The molecule has 6 heteroatoms. The lowest BCUT2D eigenvalue weighted by atomic mass is 9.96. The maximum Gasteiger partial charge on any atom is 0.246 e. The number of carbonyl (C=O) groups is 1. The van der Waals surface area contributed by atoms with Gasteiger partial charge >= 0.3 is 0 Å². The number of halogens is 1. The molecule has 4 aromatic rings. The number of hydrogen-bond donors (Lipinski definition) is 0. The minimum atomic E-state index is -0.236. The highest BCUT2D eigenvalue weighted by Gasteiger charge is 2.22. The Morgan fingerprint density at radius 1 is 1.00 bits per heavy atom. The Hall–Kier alpha value is -4.06. The maximum absolute atomic E-state index is 14.2. The predicted octanol–water partition coefficient (Wildman–Crippen LogP) is 6.62. The van der Waals surface area contributed by atoms with Crippen LogP contribution >= 0.6 is 0 Å². The van der Waals surface area contributed by atoms with Gasteiger partial charge in [0.2, 0.25) is 5.91 Å². The highest BCUT2D eigenvalue weighted by Crippen LogP contribution is 2.38. The highest BCUT2D eigenvalue weighted by atomic mass is 19.1. The van der Waals surface area contributed by atoms with Gasteiger partial charge in [-0.05, 0) is 55.7 Å². The van der Waals surface area contributed by atoms with Crippen molar-refractivity contribution in [1.82, 2.24) is 4.90 Å². The molecule has 0 spiro atoms. The molecule has 1 aromatic heterocycles. The molecule has 37 heavy (non-hydrogen) atoms. The van der Waals surface area contributed by atoms with Crippen LogP contribution in [0, 0.1) is 19.7 Å². The number of amides is 1. The maximum atomic E-state index is 14.2. The number of benzene rings is 3. The third-order valence-corrected chi connectivity index (χ3v) is 7.12. The number of hydrogen-bond acceptors (Lipinski definition) is 4. The Morgan fingerprint density at radius 3 is 2.46 bits per heavy atom. The van der Waals surface area contributed by atoms with Crippen LogP contribution in [0.4, 0.5) is 10.1 Å². The second-order valence-electron chi connectivity index (χ2n) is 9.61. The van der Waals surface area contributed by atoms with Gasteiger partial charge in [0.25, 0.3) is 0 Å². The first kappa shape index (κ1) is 24.6. The number of methoxy groups -OCH3 is 1. The van der Waals surface area contributed by atoms with Gasteiger partial charge < -0.3 is 19.0 Å². The van der Waals surface area contributed by atoms with Gasteiger partial charge in [-0.25, -0.2) is 4.39 Å². The van der Waals surface area contributed by atoms with Gasteiger partial charge in [0.1, 0.15) is 17.1 Å². The number of para-hydroxylation sites is 1. The summed E-state index contributed by atoms with van der Waals surface area (Å²) in [6.07, 6.45) is 3.45. The zero-order valence-electron chi connectivity index (χ0n) is 21.7. The number of rotatable bonds is 5. The number of aryl methyl sites for hydroxylation is 2. The quantitative estimate of drug-likeness (QED) is 0.290. The monoisotopic (exact) mass is 498 g/mol. The van der Waals surface area contributed by atoms with Gasteiger partial charge in [0.15, 0.2) is 0 Å². The molecule has 0 atom stereocenters.